The molecule has 0 aromatic carbocycles. The lowest BCUT2D eigenvalue weighted by Gasteiger charge is -2.37. The van der Waals surface area contributed by atoms with E-state index in [9.17, 15) is 5.11 Å². The van der Waals surface area contributed by atoms with Crippen molar-refractivity contribution in [3.63, 3.8) is 0 Å². The van der Waals surface area contributed by atoms with Crippen LogP contribution in [0, 0.1) is 0 Å². The molecule has 2 saturated heterocycles. The zero-order chi connectivity index (χ0) is 16.1. The monoisotopic (exact) mass is 325 g/mol. The van der Waals surface area contributed by atoms with Gasteiger partial charge in [-0.3, -0.25) is 0 Å². The van der Waals surface area contributed by atoms with E-state index >= 15 is 0 Å². The van der Waals surface area contributed by atoms with Gasteiger partial charge in [-0.1, -0.05) is 6.58 Å². The summed E-state index contributed by atoms with van der Waals surface area (Å²) in [4.78, 5) is 5.92. The summed E-state index contributed by atoms with van der Waals surface area (Å²) in [6.45, 7) is 7.50. The van der Waals surface area contributed by atoms with E-state index in [0.717, 1.165) is 12.6 Å². The average Bonchev–Trinajstić information content (AvgIpc) is 2.87. The molecule has 0 aliphatic carbocycles. The van der Waals surface area contributed by atoms with Crippen molar-refractivity contribution >= 4 is 19.0 Å². The molecule has 7 heteroatoms. The highest BCUT2D eigenvalue weighted by atomic mass is 31.2. The maximum Gasteiger partial charge on any atom is 0.165 e. The third-order valence-electron chi connectivity index (χ3n) is 4.38. The van der Waals surface area contributed by atoms with Crippen LogP contribution in [0.3, 0.4) is 0 Å². The van der Waals surface area contributed by atoms with Gasteiger partial charge in [0.1, 0.15) is 29.5 Å². The van der Waals surface area contributed by atoms with E-state index in [2.05, 4.69) is 31.2 Å². The molecule has 3 rings (SSSR count). The number of aliphatic imine (C=N–C) groups is 1. The molecular weight excluding hydrogens is 301 g/mol. The summed E-state index contributed by atoms with van der Waals surface area (Å²) in [5, 5.41) is 10.6. The lowest BCUT2D eigenvalue weighted by atomic mass is 9.96. The fourth-order valence-electron chi connectivity index (χ4n) is 3.07. The smallest absolute Gasteiger partial charge is 0.165 e. The number of nitrogens with two attached hydrogens (primary N) is 1. The van der Waals surface area contributed by atoms with E-state index in [-0.39, 0.29) is 0 Å². The molecule has 22 heavy (non-hydrogen) atoms. The minimum atomic E-state index is -1.18. The van der Waals surface area contributed by atoms with Crippen molar-refractivity contribution in [3.8, 4) is 0 Å². The Morgan fingerprint density at radius 1 is 1.59 bits per heavy atom. The highest BCUT2D eigenvalue weighted by molar-refractivity contribution is 7.72. The molecule has 122 valence electrons. The second-order valence-corrected chi connectivity index (χ2v) is 11.2. The van der Waals surface area contributed by atoms with Gasteiger partial charge in [-0.25, -0.2) is 4.99 Å². The van der Waals surface area contributed by atoms with E-state index in [1.165, 1.54) is 0 Å². The van der Waals surface area contributed by atoms with Gasteiger partial charge in [0.05, 0.1) is 6.61 Å². The van der Waals surface area contributed by atoms with E-state index in [0.29, 0.717) is 18.3 Å². The van der Waals surface area contributed by atoms with Gasteiger partial charge in [0.15, 0.2) is 6.23 Å². The Morgan fingerprint density at radius 2 is 2.32 bits per heavy atom. The van der Waals surface area contributed by atoms with Crippen LogP contribution in [0.5, 0.6) is 0 Å². The fourth-order valence-corrected chi connectivity index (χ4v) is 4.05. The lowest BCUT2D eigenvalue weighted by Crippen LogP contribution is -2.46. The number of hydrogen-bond donors (Lipinski definition) is 2. The first kappa shape index (κ1) is 15.8. The molecule has 3 N–H and O–H groups in total. The van der Waals surface area contributed by atoms with Crippen molar-refractivity contribution in [3.05, 3.63) is 24.7 Å². The van der Waals surface area contributed by atoms with E-state index in [4.69, 9.17) is 15.2 Å². The zero-order valence-corrected chi connectivity index (χ0v) is 14.0. The largest absolute Gasteiger partial charge is 0.387 e. The molecule has 0 aromatic rings. The van der Waals surface area contributed by atoms with Crippen molar-refractivity contribution in [2.45, 2.75) is 30.5 Å². The maximum absolute atomic E-state index is 10.6. The molecule has 2 bridgehead atoms. The minimum absolute atomic E-state index is 0.401. The summed E-state index contributed by atoms with van der Waals surface area (Å²) in [6.07, 6.45) is 7.93. The van der Waals surface area contributed by atoms with Gasteiger partial charge in [0.25, 0.3) is 0 Å². The third-order valence-corrected chi connectivity index (χ3v) is 5.82. The number of aliphatic hydroxyl groups excluding tert-OH is 1. The molecule has 0 saturated carbocycles. The van der Waals surface area contributed by atoms with Crippen LogP contribution in [0.25, 0.3) is 0 Å². The number of amidine groups is 1. The number of nitrogens with zero attached hydrogens (tertiary/aromatic N) is 2. The van der Waals surface area contributed by atoms with Crippen molar-refractivity contribution in [1.82, 2.24) is 4.90 Å². The van der Waals surface area contributed by atoms with Gasteiger partial charge >= 0.3 is 0 Å². The maximum atomic E-state index is 10.6. The number of ether oxygens (including phenoxy) is 2. The normalized spacial score (nSPS) is 37.8. The summed E-state index contributed by atoms with van der Waals surface area (Å²) < 4.78 is 12.0. The molecule has 0 aromatic heterocycles. The Hall–Kier alpha value is -1.07. The van der Waals surface area contributed by atoms with Crippen LogP contribution in [0.1, 0.15) is 6.42 Å². The molecule has 3 heterocycles. The minimum Gasteiger partial charge on any atom is -0.387 e. The number of hydrogen-bond acceptors (Lipinski definition) is 6. The van der Waals surface area contributed by atoms with Crippen LogP contribution in [-0.4, -0.2) is 72.3 Å². The van der Waals surface area contributed by atoms with Gasteiger partial charge in [0.2, 0.25) is 0 Å². The molecule has 2 fully saturated rings. The molecule has 6 nitrogen and oxygen atoms in total. The molecule has 0 amide bonds. The standard InChI is InChI=1S/C15H24N3O3P/c1-10-17-11(16)5-7-18(10)14-12-13(19)15(21-14,9-20-12)6-8-22(2,3)4/h5,7,12-14,19H,1-2,6,8-9H2,3-4H3,(H2,16,17)/t12-,13+,14-,15+/m1/s1. The zero-order valence-electron chi connectivity index (χ0n) is 13.1. The van der Waals surface area contributed by atoms with Crippen molar-refractivity contribution in [1.29, 1.82) is 0 Å². The average molecular weight is 325 g/mol. The second-order valence-electron chi connectivity index (χ2n) is 6.88. The SMILES string of the molecule is C=C1N=C(N)C=CN1[C@@H]1O[C@@]2(CCP(=C)(C)C)CO[C@@H]1[C@@H]2O. The Bertz CT molecular complexity index is 597. The van der Waals surface area contributed by atoms with Crippen LogP contribution in [0.2, 0.25) is 0 Å². The van der Waals surface area contributed by atoms with E-state index in [1.54, 1.807) is 17.2 Å². The van der Waals surface area contributed by atoms with Gasteiger partial charge in [-0.2, -0.15) is 0 Å². The Labute approximate surface area is 131 Å². The molecule has 0 radical (unpaired) electrons. The van der Waals surface area contributed by atoms with E-state index < -0.39 is 30.9 Å². The predicted molar refractivity (Wildman–Crippen MR) is 90.5 cm³/mol. The van der Waals surface area contributed by atoms with Gasteiger partial charge < -0.3 is 25.2 Å². The third kappa shape index (κ3) is 2.65. The summed E-state index contributed by atoms with van der Waals surface area (Å²) in [5.74, 6) is 0.901. The van der Waals surface area contributed by atoms with E-state index in [1.807, 2.05) is 0 Å². The van der Waals surface area contributed by atoms with Gasteiger partial charge in [0, 0.05) is 6.20 Å². The number of aliphatic hydroxyl groups is 1. The summed E-state index contributed by atoms with van der Waals surface area (Å²) >= 11 is 0. The molecule has 4 atom stereocenters. The van der Waals surface area contributed by atoms with Gasteiger partial charge in [-0.05, 0) is 32.0 Å². The Balaban J connectivity index is 1.77. The van der Waals surface area contributed by atoms with Crippen molar-refractivity contribution in [2.75, 3.05) is 26.1 Å². The van der Waals surface area contributed by atoms with Crippen molar-refractivity contribution in [2.24, 2.45) is 10.7 Å². The molecule has 3 aliphatic heterocycles. The Kier molecular flexibility index (Phi) is 3.76. The molecule has 0 spiro atoms. The van der Waals surface area contributed by atoms with Crippen LogP contribution in [-0.2, 0) is 9.47 Å². The van der Waals surface area contributed by atoms with Crippen molar-refractivity contribution < 1.29 is 14.6 Å². The predicted octanol–water partition coefficient (Wildman–Crippen LogP) is 0.598. The number of fused-ring (bicyclic) bond motifs is 2. The molecular formula is C15H24N3O3P. The number of rotatable bonds is 4. The highest BCUT2D eigenvalue weighted by Gasteiger charge is 2.62. The van der Waals surface area contributed by atoms with Crippen LogP contribution in [0.15, 0.2) is 29.7 Å². The van der Waals surface area contributed by atoms with Crippen LogP contribution >= 0.6 is 6.89 Å². The first-order valence-corrected chi connectivity index (χ1v) is 10.4. The summed E-state index contributed by atoms with van der Waals surface area (Å²) in [6, 6.07) is 0. The fraction of sp³-hybridized carbons (Fsp3) is 0.600. The lowest BCUT2D eigenvalue weighted by molar-refractivity contribution is -0.181. The summed E-state index contributed by atoms with van der Waals surface area (Å²) in [5.41, 5.74) is 5.01. The Morgan fingerprint density at radius 3 is 2.95 bits per heavy atom. The van der Waals surface area contributed by atoms with Gasteiger partial charge in [-0.15, -0.1) is 13.2 Å². The molecule has 3 aliphatic rings. The van der Waals surface area contributed by atoms with Crippen LogP contribution < -0.4 is 5.73 Å². The highest BCUT2D eigenvalue weighted by Crippen LogP contribution is 2.47. The second kappa shape index (κ2) is 5.24. The first-order valence-electron chi connectivity index (χ1n) is 7.36. The topological polar surface area (TPSA) is 80.3 Å². The first-order chi connectivity index (χ1) is 10.2. The molecule has 0 unspecified atom stereocenters. The summed E-state index contributed by atoms with van der Waals surface area (Å²) in [7, 11) is 0. The van der Waals surface area contributed by atoms with Crippen LogP contribution in [0.4, 0.5) is 0 Å². The quantitative estimate of drug-likeness (QED) is 0.740.